The zero-order valence-electron chi connectivity index (χ0n) is 7.85. The molecule has 0 aromatic heterocycles. The van der Waals surface area contributed by atoms with Gasteiger partial charge in [0, 0.05) is 19.7 Å². The lowest BCUT2D eigenvalue weighted by Crippen LogP contribution is -2.37. The zero-order chi connectivity index (χ0) is 9.23. The molecule has 0 bridgehead atoms. The highest BCUT2D eigenvalue weighted by Gasteiger charge is 1.95. The predicted molar refractivity (Wildman–Crippen MR) is 48.2 cm³/mol. The Morgan fingerprint density at radius 1 is 1.25 bits per heavy atom. The van der Waals surface area contributed by atoms with Crippen molar-refractivity contribution in [3.63, 3.8) is 0 Å². The van der Waals surface area contributed by atoms with Gasteiger partial charge in [0.15, 0.2) is 0 Å². The summed E-state index contributed by atoms with van der Waals surface area (Å²) in [6, 6.07) is -0.114. The van der Waals surface area contributed by atoms with Crippen LogP contribution in [0.5, 0.6) is 0 Å². The van der Waals surface area contributed by atoms with Crippen LogP contribution in [0.1, 0.15) is 20.3 Å². The quantitative estimate of drug-likeness (QED) is 0.583. The minimum Gasteiger partial charge on any atom is -0.380 e. The second kappa shape index (κ2) is 8.33. The lowest BCUT2D eigenvalue weighted by molar-refractivity contribution is 0.149. The summed E-state index contributed by atoms with van der Waals surface area (Å²) >= 11 is 0. The Morgan fingerprint density at radius 2 is 1.92 bits per heavy atom. The van der Waals surface area contributed by atoms with Crippen LogP contribution in [-0.4, -0.2) is 32.3 Å². The summed E-state index contributed by atoms with van der Waals surface area (Å²) in [6.45, 7) is 6.51. The van der Waals surface area contributed by atoms with Crippen LogP contribution < -0.4 is 10.6 Å². The van der Waals surface area contributed by atoms with E-state index in [4.69, 9.17) is 4.74 Å². The van der Waals surface area contributed by atoms with Crippen LogP contribution in [0.4, 0.5) is 4.79 Å². The molecule has 4 nitrogen and oxygen atoms in total. The third-order valence-corrected chi connectivity index (χ3v) is 1.27. The molecular formula is C8H18N2O2. The summed E-state index contributed by atoms with van der Waals surface area (Å²) in [5.41, 5.74) is 0. The molecule has 0 rings (SSSR count). The van der Waals surface area contributed by atoms with Crippen molar-refractivity contribution in [2.45, 2.75) is 20.3 Å². The number of carbonyl (C=O) groups is 1. The first-order valence-corrected chi connectivity index (χ1v) is 4.40. The summed E-state index contributed by atoms with van der Waals surface area (Å²) in [5, 5.41) is 5.38. The van der Waals surface area contributed by atoms with Gasteiger partial charge in [0.05, 0.1) is 6.61 Å². The maximum atomic E-state index is 10.9. The van der Waals surface area contributed by atoms with Crippen molar-refractivity contribution in [1.29, 1.82) is 0 Å². The fourth-order valence-corrected chi connectivity index (χ4v) is 0.682. The van der Waals surface area contributed by atoms with Crippen LogP contribution in [-0.2, 0) is 4.74 Å². The fraction of sp³-hybridized carbons (Fsp3) is 0.875. The van der Waals surface area contributed by atoms with Gasteiger partial charge in [-0.05, 0) is 13.3 Å². The molecule has 0 saturated carbocycles. The van der Waals surface area contributed by atoms with Crippen LogP contribution >= 0.6 is 0 Å². The van der Waals surface area contributed by atoms with Crippen LogP contribution in [0.3, 0.4) is 0 Å². The smallest absolute Gasteiger partial charge is 0.314 e. The van der Waals surface area contributed by atoms with E-state index in [2.05, 4.69) is 10.6 Å². The minimum atomic E-state index is -0.114. The van der Waals surface area contributed by atoms with Crippen molar-refractivity contribution in [3.8, 4) is 0 Å². The fourth-order valence-electron chi connectivity index (χ4n) is 0.682. The molecule has 0 unspecified atom stereocenters. The second-order valence-corrected chi connectivity index (χ2v) is 2.38. The van der Waals surface area contributed by atoms with E-state index in [1.165, 1.54) is 0 Å². The predicted octanol–water partition coefficient (Wildman–Crippen LogP) is 0.732. The van der Waals surface area contributed by atoms with Gasteiger partial charge < -0.3 is 15.4 Å². The number of urea groups is 1. The van der Waals surface area contributed by atoms with Gasteiger partial charge in [-0.3, -0.25) is 0 Å². The molecule has 0 aromatic rings. The highest BCUT2D eigenvalue weighted by atomic mass is 16.5. The Kier molecular flexibility index (Phi) is 7.79. The Bertz CT molecular complexity index is 118. The third kappa shape index (κ3) is 7.34. The number of carbonyl (C=O) groups excluding carboxylic acids is 1. The molecule has 0 radical (unpaired) electrons. The largest absolute Gasteiger partial charge is 0.380 e. The average Bonchev–Trinajstić information content (AvgIpc) is 2.09. The van der Waals surface area contributed by atoms with E-state index in [-0.39, 0.29) is 6.03 Å². The number of amides is 2. The van der Waals surface area contributed by atoms with E-state index in [1.54, 1.807) is 0 Å². The molecule has 0 atom stereocenters. The third-order valence-electron chi connectivity index (χ3n) is 1.27. The number of hydrogen-bond acceptors (Lipinski definition) is 2. The topological polar surface area (TPSA) is 50.4 Å². The van der Waals surface area contributed by atoms with Gasteiger partial charge in [-0.1, -0.05) is 6.92 Å². The first kappa shape index (κ1) is 11.2. The molecule has 0 aromatic carbocycles. The van der Waals surface area contributed by atoms with Crippen LogP contribution in [0, 0.1) is 0 Å². The van der Waals surface area contributed by atoms with Gasteiger partial charge in [-0.15, -0.1) is 0 Å². The molecule has 0 aliphatic heterocycles. The molecule has 0 fully saturated rings. The lowest BCUT2D eigenvalue weighted by Gasteiger charge is -2.05. The molecule has 0 saturated heterocycles. The Balaban J connectivity index is 3.08. The molecule has 72 valence electrons. The molecule has 0 spiro atoms. The minimum absolute atomic E-state index is 0.114. The maximum Gasteiger partial charge on any atom is 0.314 e. The van der Waals surface area contributed by atoms with E-state index in [0.717, 1.165) is 13.0 Å². The molecule has 0 aliphatic rings. The van der Waals surface area contributed by atoms with Crippen LogP contribution in [0.2, 0.25) is 0 Å². The van der Waals surface area contributed by atoms with E-state index in [0.29, 0.717) is 19.8 Å². The standard InChI is InChI=1S/C8H18N2O2/c1-3-5-9-8(11)10-6-7-12-4-2/h3-7H2,1-2H3,(H2,9,10,11). The summed E-state index contributed by atoms with van der Waals surface area (Å²) in [5.74, 6) is 0. The Labute approximate surface area is 73.7 Å². The van der Waals surface area contributed by atoms with E-state index < -0.39 is 0 Å². The van der Waals surface area contributed by atoms with Crippen molar-refractivity contribution in [2.24, 2.45) is 0 Å². The van der Waals surface area contributed by atoms with Gasteiger partial charge in [-0.25, -0.2) is 4.79 Å². The molecule has 0 heterocycles. The van der Waals surface area contributed by atoms with Crippen LogP contribution in [0.25, 0.3) is 0 Å². The van der Waals surface area contributed by atoms with E-state index >= 15 is 0 Å². The number of ether oxygens (including phenoxy) is 1. The van der Waals surface area contributed by atoms with Gasteiger partial charge >= 0.3 is 6.03 Å². The van der Waals surface area contributed by atoms with Crippen molar-refractivity contribution < 1.29 is 9.53 Å². The molecule has 2 amide bonds. The highest BCUT2D eigenvalue weighted by Crippen LogP contribution is 1.73. The summed E-state index contributed by atoms with van der Waals surface area (Å²) < 4.78 is 5.05. The highest BCUT2D eigenvalue weighted by molar-refractivity contribution is 5.73. The molecular weight excluding hydrogens is 156 g/mol. The summed E-state index contributed by atoms with van der Waals surface area (Å²) in [6.07, 6.45) is 0.957. The summed E-state index contributed by atoms with van der Waals surface area (Å²) in [4.78, 5) is 10.9. The van der Waals surface area contributed by atoms with Crippen molar-refractivity contribution >= 4 is 6.03 Å². The van der Waals surface area contributed by atoms with Crippen molar-refractivity contribution in [1.82, 2.24) is 10.6 Å². The van der Waals surface area contributed by atoms with Crippen molar-refractivity contribution in [3.05, 3.63) is 0 Å². The first-order valence-electron chi connectivity index (χ1n) is 4.40. The SMILES string of the molecule is CCCNC(=O)NCCOCC. The lowest BCUT2D eigenvalue weighted by atomic mass is 10.5. The molecule has 2 N–H and O–H groups in total. The van der Waals surface area contributed by atoms with E-state index in [9.17, 15) is 4.79 Å². The van der Waals surface area contributed by atoms with E-state index in [1.807, 2.05) is 13.8 Å². The zero-order valence-corrected chi connectivity index (χ0v) is 7.85. The van der Waals surface area contributed by atoms with Crippen molar-refractivity contribution in [2.75, 3.05) is 26.3 Å². The maximum absolute atomic E-state index is 10.9. The summed E-state index contributed by atoms with van der Waals surface area (Å²) in [7, 11) is 0. The Morgan fingerprint density at radius 3 is 2.50 bits per heavy atom. The number of nitrogens with one attached hydrogen (secondary N) is 2. The number of hydrogen-bond donors (Lipinski definition) is 2. The van der Waals surface area contributed by atoms with Crippen LogP contribution in [0.15, 0.2) is 0 Å². The monoisotopic (exact) mass is 174 g/mol. The second-order valence-electron chi connectivity index (χ2n) is 2.38. The average molecular weight is 174 g/mol. The van der Waals surface area contributed by atoms with Gasteiger partial charge in [0.2, 0.25) is 0 Å². The molecule has 0 aliphatic carbocycles. The van der Waals surface area contributed by atoms with Gasteiger partial charge in [0.1, 0.15) is 0 Å². The van der Waals surface area contributed by atoms with Gasteiger partial charge in [-0.2, -0.15) is 0 Å². The Hall–Kier alpha value is -0.770. The first-order chi connectivity index (χ1) is 5.81. The normalized spacial score (nSPS) is 9.50. The molecule has 12 heavy (non-hydrogen) atoms. The number of rotatable bonds is 6. The van der Waals surface area contributed by atoms with Gasteiger partial charge in [0.25, 0.3) is 0 Å². The molecule has 4 heteroatoms.